The highest BCUT2D eigenvalue weighted by Gasteiger charge is 2.12. The molecule has 0 radical (unpaired) electrons. The van der Waals surface area contributed by atoms with Gasteiger partial charge in [0.05, 0.1) is 23.7 Å². The van der Waals surface area contributed by atoms with Crippen molar-refractivity contribution in [3.05, 3.63) is 102 Å². The molecule has 0 aliphatic carbocycles. The summed E-state index contributed by atoms with van der Waals surface area (Å²) >= 11 is 0. The van der Waals surface area contributed by atoms with Gasteiger partial charge < -0.3 is 9.73 Å². The summed E-state index contributed by atoms with van der Waals surface area (Å²) in [6, 6.07) is 18.2. The average molecular weight is 397 g/mol. The Kier molecular flexibility index (Phi) is 5.39. The van der Waals surface area contributed by atoms with Crippen molar-refractivity contribution < 1.29 is 14.0 Å². The van der Waals surface area contributed by atoms with Gasteiger partial charge >= 0.3 is 0 Å². The number of aromatic nitrogens is 2. The number of allylic oxidation sites excluding steroid dienone is 1. The molecule has 0 unspecified atom stereocenters. The number of nitrogens with one attached hydrogen (secondary N) is 2. The van der Waals surface area contributed by atoms with Gasteiger partial charge in [-0.15, -0.1) is 0 Å². The van der Waals surface area contributed by atoms with E-state index in [2.05, 4.69) is 15.5 Å². The molecule has 2 heterocycles. The third-order valence-electron chi connectivity index (χ3n) is 4.68. The molecule has 2 aromatic heterocycles. The molecule has 6 heteroatoms. The van der Waals surface area contributed by atoms with E-state index in [1.54, 1.807) is 49.5 Å². The van der Waals surface area contributed by atoms with Crippen molar-refractivity contribution in [2.45, 2.75) is 6.92 Å². The Morgan fingerprint density at radius 1 is 1.03 bits per heavy atom. The first-order chi connectivity index (χ1) is 14.6. The number of aromatic amines is 1. The molecule has 6 nitrogen and oxygen atoms in total. The number of anilines is 1. The number of ketones is 1. The highest BCUT2D eigenvalue weighted by molar-refractivity contribution is 6.08. The second kappa shape index (κ2) is 8.45. The maximum atomic E-state index is 12.5. The van der Waals surface area contributed by atoms with Crippen LogP contribution in [0.25, 0.3) is 17.3 Å². The molecule has 0 aliphatic heterocycles. The fraction of sp³-hybridized carbons (Fsp3) is 0.0417. The molecule has 4 aromatic rings. The lowest BCUT2D eigenvalue weighted by Gasteiger charge is -2.05. The van der Waals surface area contributed by atoms with E-state index in [-0.39, 0.29) is 11.7 Å². The second-order valence-electron chi connectivity index (χ2n) is 6.69. The third kappa shape index (κ3) is 4.12. The lowest BCUT2D eigenvalue weighted by molar-refractivity contribution is 0.102. The van der Waals surface area contributed by atoms with Crippen LogP contribution in [0.1, 0.15) is 32.0 Å². The van der Waals surface area contributed by atoms with Crippen molar-refractivity contribution in [3.63, 3.8) is 0 Å². The molecule has 2 N–H and O–H groups in total. The molecule has 0 aliphatic rings. The number of furan rings is 1. The summed E-state index contributed by atoms with van der Waals surface area (Å²) in [5.74, 6) is 0.158. The van der Waals surface area contributed by atoms with Crippen molar-refractivity contribution in [1.82, 2.24) is 10.2 Å². The molecule has 0 fully saturated rings. The molecule has 148 valence electrons. The highest BCUT2D eigenvalue weighted by Crippen LogP contribution is 2.22. The number of carbonyl (C=O) groups is 2. The van der Waals surface area contributed by atoms with Crippen LogP contribution in [0.15, 0.2) is 83.6 Å². The Hall–Kier alpha value is -4.19. The van der Waals surface area contributed by atoms with Crippen LogP contribution in [0.2, 0.25) is 0 Å². The summed E-state index contributed by atoms with van der Waals surface area (Å²) in [4.78, 5) is 24.8. The minimum atomic E-state index is -0.256. The lowest BCUT2D eigenvalue weighted by Crippen LogP contribution is -2.12. The van der Waals surface area contributed by atoms with Crippen molar-refractivity contribution in [2.24, 2.45) is 0 Å². The molecule has 0 spiro atoms. The normalized spacial score (nSPS) is 11.0. The number of hydrogen-bond donors (Lipinski definition) is 2. The number of nitrogens with zero attached hydrogens (tertiary/aromatic N) is 1. The average Bonchev–Trinajstić information content (AvgIpc) is 3.42. The van der Waals surface area contributed by atoms with Gasteiger partial charge in [0.1, 0.15) is 5.76 Å². The van der Waals surface area contributed by atoms with Gasteiger partial charge in [0, 0.05) is 22.4 Å². The van der Waals surface area contributed by atoms with Crippen LogP contribution in [0.5, 0.6) is 0 Å². The van der Waals surface area contributed by atoms with Gasteiger partial charge in [-0.1, -0.05) is 30.3 Å². The van der Waals surface area contributed by atoms with Crippen molar-refractivity contribution in [2.75, 3.05) is 5.32 Å². The van der Waals surface area contributed by atoms with Crippen LogP contribution < -0.4 is 5.32 Å². The topological polar surface area (TPSA) is 88.0 Å². The van der Waals surface area contributed by atoms with Crippen LogP contribution in [0.3, 0.4) is 0 Å². The first-order valence-corrected chi connectivity index (χ1v) is 9.38. The van der Waals surface area contributed by atoms with Gasteiger partial charge in [0.2, 0.25) is 0 Å². The summed E-state index contributed by atoms with van der Waals surface area (Å²) in [7, 11) is 0. The Morgan fingerprint density at radius 2 is 1.80 bits per heavy atom. The number of benzene rings is 2. The predicted octanol–water partition coefficient (Wildman–Crippen LogP) is 5.13. The van der Waals surface area contributed by atoms with Crippen molar-refractivity contribution >= 4 is 23.5 Å². The van der Waals surface area contributed by atoms with E-state index in [0.717, 1.165) is 16.8 Å². The van der Waals surface area contributed by atoms with E-state index >= 15 is 0 Å². The van der Waals surface area contributed by atoms with E-state index in [9.17, 15) is 9.59 Å². The zero-order valence-electron chi connectivity index (χ0n) is 16.3. The van der Waals surface area contributed by atoms with E-state index in [1.807, 2.05) is 30.3 Å². The first kappa shape index (κ1) is 19.1. The molecular formula is C24H19N3O3. The van der Waals surface area contributed by atoms with Crippen molar-refractivity contribution in [3.8, 4) is 11.3 Å². The molecule has 0 bridgehead atoms. The van der Waals surface area contributed by atoms with Gasteiger partial charge in [-0.3, -0.25) is 14.7 Å². The largest absolute Gasteiger partial charge is 0.469 e. The standard InChI is InChI=1S/C24H19N3O3/c1-16-21(13-14-30-16)24(29)26-20-10-7-17(8-11-20)22(28)12-9-19-15-25-27-23(19)18-5-3-2-4-6-18/h2-15H,1H3,(H,25,27)(H,26,29)/b12-9+. The Labute approximate surface area is 173 Å². The number of aryl methyl sites for hydroxylation is 1. The van der Waals surface area contributed by atoms with Gasteiger partial charge in [0.25, 0.3) is 5.91 Å². The molecular weight excluding hydrogens is 378 g/mol. The predicted molar refractivity (Wildman–Crippen MR) is 115 cm³/mol. The molecule has 1 amide bonds. The minimum Gasteiger partial charge on any atom is -0.469 e. The Morgan fingerprint density at radius 3 is 2.50 bits per heavy atom. The number of hydrogen-bond acceptors (Lipinski definition) is 4. The zero-order valence-corrected chi connectivity index (χ0v) is 16.3. The van der Waals surface area contributed by atoms with Crippen molar-refractivity contribution in [1.29, 1.82) is 0 Å². The van der Waals surface area contributed by atoms with Crippen LogP contribution in [0, 0.1) is 6.92 Å². The summed E-state index contributed by atoms with van der Waals surface area (Å²) in [6.45, 7) is 1.73. The summed E-state index contributed by atoms with van der Waals surface area (Å²) in [6.07, 6.45) is 6.41. The SMILES string of the molecule is Cc1occc1C(=O)Nc1ccc(C(=O)/C=C/c2cn[nH]c2-c2ccccc2)cc1. The second-order valence-corrected chi connectivity index (χ2v) is 6.69. The van der Waals surface area contributed by atoms with Gasteiger partial charge in [-0.2, -0.15) is 5.10 Å². The summed E-state index contributed by atoms with van der Waals surface area (Å²) in [5, 5.41) is 9.84. The van der Waals surface area contributed by atoms with E-state index in [1.165, 1.54) is 12.3 Å². The van der Waals surface area contributed by atoms with Crippen LogP contribution in [-0.2, 0) is 0 Å². The maximum absolute atomic E-state index is 12.5. The third-order valence-corrected chi connectivity index (χ3v) is 4.68. The fourth-order valence-electron chi connectivity index (χ4n) is 3.06. The minimum absolute atomic E-state index is 0.140. The van der Waals surface area contributed by atoms with Crippen LogP contribution >= 0.6 is 0 Å². The zero-order chi connectivity index (χ0) is 20.9. The van der Waals surface area contributed by atoms with Gasteiger partial charge in [0.15, 0.2) is 5.78 Å². The molecule has 0 saturated heterocycles. The quantitative estimate of drug-likeness (QED) is 0.349. The molecule has 4 rings (SSSR count). The number of rotatable bonds is 6. The lowest BCUT2D eigenvalue weighted by atomic mass is 10.1. The highest BCUT2D eigenvalue weighted by atomic mass is 16.3. The summed E-state index contributed by atoms with van der Waals surface area (Å²) < 4.78 is 5.15. The van der Waals surface area contributed by atoms with Crippen LogP contribution in [-0.4, -0.2) is 21.9 Å². The molecule has 2 aromatic carbocycles. The number of carbonyl (C=O) groups excluding carboxylic acids is 2. The number of amides is 1. The first-order valence-electron chi connectivity index (χ1n) is 9.38. The molecule has 30 heavy (non-hydrogen) atoms. The van der Waals surface area contributed by atoms with E-state index in [4.69, 9.17) is 4.42 Å². The maximum Gasteiger partial charge on any atom is 0.259 e. The van der Waals surface area contributed by atoms with Gasteiger partial charge in [-0.05, 0) is 49.4 Å². The monoisotopic (exact) mass is 397 g/mol. The smallest absolute Gasteiger partial charge is 0.259 e. The Balaban J connectivity index is 1.44. The fourth-order valence-corrected chi connectivity index (χ4v) is 3.06. The molecule has 0 saturated carbocycles. The summed E-state index contributed by atoms with van der Waals surface area (Å²) in [5.41, 5.74) is 4.28. The number of H-pyrrole nitrogens is 1. The Bertz CT molecular complexity index is 1200. The van der Waals surface area contributed by atoms with Gasteiger partial charge in [-0.25, -0.2) is 0 Å². The van der Waals surface area contributed by atoms with Crippen LogP contribution in [0.4, 0.5) is 5.69 Å². The van der Waals surface area contributed by atoms with E-state index < -0.39 is 0 Å². The molecule has 0 atom stereocenters. The van der Waals surface area contributed by atoms with E-state index in [0.29, 0.717) is 22.6 Å².